The van der Waals surface area contributed by atoms with Crippen molar-refractivity contribution < 1.29 is 9.26 Å². The van der Waals surface area contributed by atoms with Crippen LogP contribution >= 0.6 is 0 Å². The zero-order valence-electron chi connectivity index (χ0n) is 14.1. The summed E-state index contributed by atoms with van der Waals surface area (Å²) in [5.41, 5.74) is 2.30. The Balaban J connectivity index is 1.32. The smallest absolute Gasteiger partial charge is 0.231 e. The molecule has 1 aromatic carbocycles. The lowest BCUT2D eigenvalue weighted by Gasteiger charge is -2.41. The minimum Gasteiger partial charge on any atom is -0.367 e. The number of ether oxygens (including phenoxy) is 1. The lowest BCUT2D eigenvalue weighted by atomic mass is 10.0. The predicted octanol–water partition coefficient (Wildman–Crippen LogP) is 3.07. The van der Waals surface area contributed by atoms with Crippen molar-refractivity contribution in [3.63, 3.8) is 0 Å². The van der Waals surface area contributed by atoms with E-state index in [2.05, 4.69) is 32.2 Å². The number of fused-ring (bicyclic) bond motifs is 2. The quantitative estimate of drug-likeness (QED) is 0.795. The Kier molecular flexibility index (Phi) is 3.79. The normalized spacial score (nSPS) is 24.5. The van der Waals surface area contributed by atoms with Crippen molar-refractivity contribution >= 4 is 10.9 Å². The fourth-order valence-corrected chi connectivity index (χ4v) is 4.05. The van der Waals surface area contributed by atoms with Gasteiger partial charge in [0, 0.05) is 29.7 Å². The third-order valence-electron chi connectivity index (χ3n) is 5.43. The number of hydrogen-bond donors (Lipinski definition) is 1. The molecule has 0 unspecified atom stereocenters. The summed E-state index contributed by atoms with van der Waals surface area (Å²) in [6.07, 6.45) is 6.41. The maximum Gasteiger partial charge on any atom is 0.231 e. The van der Waals surface area contributed by atoms with Gasteiger partial charge in [-0.3, -0.25) is 4.90 Å². The lowest BCUT2D eigenvalue weighted by Crippen LogP contribution is -2.49. The number of piperidine rings is 1. The first kappa shape index (κ1) is 15.1. The molecule has 130 valence electrons. The fourth-order valence-electron chi connectivity index (χ4n) is 4.05. The van der Waals surface area contributed by atoms with Crippen LogP contribution in [-0.2, 0) is 11.2 Å². The van der Waals surface area contributed by atoms with Crippen molar-refractivity contribution in [3.8, 4) is 0 Å². The molecule has 2 aromatic heterocycles. The summed E-state index contributed by atoms with van der Waals surface area (Å²) in [5.74, 6) is 1.32. The third kappa shape index (κ3) is 2.85. The zero-order chi connectivity index (χ0) is 16.6. The molecule has 0 radical (unpaired) electrons. The van der Waals surface area contributed by atoms with Gasteiger partial charge in [-0.1, -0.05) is 29.8 Å². The van der Waals surface area contributed by atoms with Gasteiger partial charge in [-0.15, -0.1) is 0 Å². The molecule has 2 atom stereocenters. The van der Waals surface area contributed by atoms with Gasteiger partial charge in [-0.2, -0.15) is 4.98 Å². The summed E-state index contributed by atoms with van der Waals surface area (Å²) in [6, 6.07) is 8.83. The number of benzene rings is 1. The number of H-pyrrole nitrogens is 1. The van der Waals surface area contributed by atoms with E-state index < -0.39 is 0 Å². The van der Waals surface area contributed by atoms with Crippen LogP contribution in [0.5, 0.6) is 0 Å². The maximum absolute atomic E-state index is 6.02. The van der Waals surface area contributed by atoms with Crippen LogP contribution in [0.25, 0.3) is 10.9 Å². The topological polar surface area (TPSA) is 67.2 Å². The van der Waals surface area contributed by atoms with E-state index in [-0.39, 0.29) is 6.10 Å². The minimum absolute atomic E-state index is 0.0742. The number of para-hydroxylation sites is 1. The largest absolute Gasteiger partial charge is 0.367 e. The first-order chi connectivity index (χ1) is 12.4. The van der Waals surface area contributed by atoms with Gasteiger partial charge >= 0.3 is 0 Å². The number of nitrogens with zero attached hydrogens (tertiary/aromatic N) is 3. The summed E-state index contributed by atoms with van der Waals surface area (Å²) in [5, 5.41) is 5.39. The van der Waals surface area contributed by atoms with Crippen LogP contribution in [0.3, 0.4) is 0 Å². The first-order valence-electron chi connectivity index (χ1n) is 9.10. The Morgan fingerprint density at radius 1 is 1.24 bits per heavy atom. The summed E-state index contributed by atoms with van der Waals surface area (Å²) < 4.78 is 11.5. The maximum atomic E-state index is 6.02. The predicted molar refractivity (Wildman–Crippen MR) is 93.3 cm³/mol. The molecule has 0 spiro atoms. The van der Waals surface area contributed by atoms with Crippen LogP contribution in [0.15, 0.2) is 35.0 Å². The van der Waals surface area contributed by atoms with Crippen LogP contribution in [0, 0.1) is 0 Å². The minimum atomic E-state index is -0.0742. The number of rotatable bonds is 3. The van der Waals surface area contributed by atoms with Crippen molar-refractivity contribution in [2.45, 2.75) is 37.8 Å². The van der Waals surface area contributed by atoms with Gasteiger partial charge in [-0.05, 0) is 31.0 Å². The van der Waals surface area contributed by atoms with Crippen molar-refractivity contribution in [2.75, 3.05) is 19.7 Å². The van der Waals surface area contributed by atoms with Gasteiger partial charge in [0.2, 0.25) is 11.7 Å². The molecule has 0 saturated carbocycles. The second-order valence-corrected chi connectivity index (χ2v) is 7.05. The molecular formula is C19H22N4O2. The molecule has 0 amide bonds. The summed E-state index contributed by atoms with van der Waals surface area (Å²) in [6.45, 7) is 2.80. The highest BCUT2D eigenvalue weighted by Crippen LogP contribution is 2.28. The molecule has 3 aromatic rings. The Bertz CT molecular complexity index is 871. The number of aromatic amines is 1. The Hall–Kier alpha value is -2.18. The fraction of sp³-hybridized carbons (Fsp3) is 0.474. The number of aromatic nitrogens is 3. The molecule has 4 heterocycles. The molecule has 6 heteroatoms. The SMILES string of the molecule is c1ccc2c(Cc3nc([C@H]4CN5CCCC[C@@H]5CO4)no3)c[nH]c2c1. The molecular weight excluding hydrogens is 316 g/mol. The standard InChI is InChI=1S/C19H22N4O2/c1-2-7-16-15(6-1)13(10-20-16)9-18-21-19(22-25-18)17-11-23-8-4-3-5-14(23)12-24-17/h1-2,6-7,10,14,17,20H,3-5,8-9,11-12H2/t14-,17-/m1/s1. The van der Waals surface area contributed by atoms with E-state index in [1.807, 2.05) is 18.3 Å². The second kappa shape index (κ2) is 6.28. The lowest BCUT2D eigenvalue weighted by molar-refractivity contribution is -0.0805. The van der Waals surface area contributed by atoms with Crippen molar-refractivity contribution in [1.29, 1.82) is 0 Å². The molecule has 6 nitrogen and oxygen atoms in total. The summed E-state index contributed by atoms with van der Waals surface area (Å²) in [7, 11) is 0. The molecule has 2 saturated heterocycles. The van der Waals surface area contributed by atoms with E-state index >= 15 is 0 Å². The van der Waals surface area contributed by atoms with Crippen LogP contribution in [0.1, 0.15) is 42.6 Å². The highest BCUT2D eigenvalue weighted by atomic mass is 16.5. The van der Waals surface area contributed by atoms with Crippen molar-refractivity contribution in [3.05, 3.63) is 47.7 Å². The van der Waals surface area contributed by atoms with Gasteiger partial charge < -0.3 is 14.2 Å². The van der Waals surface area contributed by atoms with E-state index in [1.165, 1.54) is 30.2 Å². The molecule has 2 aliphatic heterocycles. The van der Waals surface area contributed by atoms with E-state index in [1.54, 1.807) is 0 Å². The Morgan fingerprint density at radius 3 is 3.20 bits per heavy atom. The van der Waals surface area contributed by atoms with Crippen molar-refractivity contribution in [1.82, 2.24) is 20.0 Å². The summed E-state index contributed by atoms with van der Waals surface area (Å²) >= 11 is 0. The molecule has 0 aliphatic carbocycles. The molecule has 0 bridgehead atoms. The van der Waals surface area contributed by atoms with Gasteiger partial charge in [0.25, 0.3) is 0 Å². The second-order valence-electron chi connectivity index (χ2n) is 7.05. The van der Waals surface area contributed by atoms with Gasteiger partial charge in [0.1, 0.15) is 6.10 Å². The van der Waals surface area contributed by atoms with Crippen molar-refractivity contribution in [2.24, 2.45) is 0 Å². The van der Waals surface area contributed by atoms with Crippen LogP contribution in [0.2, 0.25) is 0 Å². The number of hydrogen-bond acceptors (Lipinski definition) is 5. The number of nitrogens with one attached hydrogen (secondary N) is 1. The zero-order valence-corrected chi connectivity index (χ0v) is 14.1. The first-order valence-corrected chi connectivity index (χ1v) is 9.10. The highest BCUT2D eigenvalue weighted by molar-refractivity contribution is 5.83. The van der Waals surface area contributed by atoms with Gasteiger partial charge in [0.15, 0.2) is 0 Å². The Labute approximate surface area is 146 Å². The van der Waals surface area contributed by atoms with E-state index in [9.17, 15) is 0 Å². The number of morpholine rings is 1. The average Bonchev–Trinajstić information content (AvgIpc) is 3.29. The van der Waals surface area contributed by atoms with E-state index in [0.717, 1.165) is 25.2 Å². The monoisotopic (exact) mass is 338 g/mol. The Morgan fingerprint density at radius 2 is 2.20 bits per heavy atom. The average molecular weight is 338 g/mol. The summed E-state index contributed by atoms with van der Waals surface area (Å²) in [4.78, 5) is 10.4. The molecule has 25 heavy (non-hydrogen) atoms. The van der Waals surface area contributed by atoms with Gasteiger partial charge in [-0.25, -0.2) is 0 Å². The van der Waals surface area contributed by atoms with Crippen LogP contribution < -0.4 is 0 Å². The van der Waals surface area contributed by atoms with Crippen LogP contribution in [0.4, 0.5) is 0 Å². The molecule has 2 fully saturated rings. The molecule has 1 N–H and O–H groups in total. The van der Waals surface area contributed by atoms with Gasteiger partial charge in [0.05, 0.1) is 13.0 Å². The van der Waals surface area contributed by atoms with E-state index in [0.29, 0.717) is 24.2 Å². The highest BCUT2D eigenvalue weighted by Gasteiger charge is 2.33. The molecule has 2 aliphatic rings. The van der Waals surface area contributed by atoms with Crippen LogP contribution in [-0.4, -0.2) is 45.8 Å². The third-order valence-corrected chi connectivity index (χ3v) is 5.43. The van der Waals surface area contributed by atoms with E-state index in [4.69, 9.17) is 9.26 Å². The molecule has 5 rings (SSSR count).